The zero-order chi connectivity index (χ0) is 12.7. The van der Waals surface area contributed by atoms with Gasteiger partial charge in [-0.15, -0.1) is 0 Å². The van der Waals surface area contributed by atoms with Crippen molar-refractivity contribution in [2.75, 3.05) is 6.61 Å². The first-order chi connectivity index (χ1) is 8.19. The van der Waals surface area contributed by atoms with Gasteiger partial charge in [0.15, 0.2) is 0 Å². The van der Waals surface area contributed by atoms with E-state index in [0.29, 0.717) is 25.9 Å². The van der Waals surface area contributed by atoms with Crippen LogP contribution < -0.4 is 0 Å². The quantitative estimate of drug-likeness (QED) is 0.785. The molecule has 1 rings (SSSR count). The lowest BCUT2D eigenvalue weighted by molar-refractivity contribution is -0.143. The molecule has 1 aromatic rings. The van der Waals surface area contributed by atoms with E-state index in [4.69, 9.17) is 10.00 Å². The first kappa shape index (κ1) is 13.7. The van der Waals surface area contributed by atoms with Gasteiger partial charge in [0.1, 0.15) is 0 Å². The number of halogens is 1. The van der Waals surface area contributed by atoms with Crippen molar-refractivity contribution in [2.24, 2.45) is 0 Å². The predicted octanol–water partition coefficient (Wildman–Crippen LogP) is 3.01. The van der Waals surface area contributed by atoms with Crippen LogP contribution in [0.1, 0.15) is 24.5 Å². The third-order valence-electron chi connectivity index (χ3n) is 2.33. The average Bonchev–Trinajstić information content (AvgIpc) is 2.31. The van der Waals surface area contributed by atoms with Crippen LogP contribution in [-0.2, 0) is 22.4 Å². The van der Waals surface area contributed by atoms with Crippen molar-refractivity contribution in [1.82, 2.24) is 0 Å². The van der Waals surface area contributed by atoms with Gasteiger partial charge in [0.25, 0.3) is 0 Å². The van der Waals surface area contributed by atoms with Crippen LogP contribution in [0.3, 0.4) is 0 Å². The highest BCUT2D eigenvalue weighted by Crippen LogP contribution is 2.23. The summed E-state index contributed by atoms with van der Waals surface area (Å²) in [6, 6.07) is 7.87. The Morgan fingerprint density at radius 2 is 2.18 bits per heavy atom. The molecule has 1 aromatic carbocycles. The fourth-order valence-corrected chi connectivity index (χ4v) is 2.12. The summed E-state index contributed by atoms with van der Waals surface area (Å²) in [6.45, 7) is 2.20. The Labute approximate surface area is 110 Å². The molecule has 0 unspecified atom stereocenters. The minimum absolute atomic E-state index is 0.190. The summed E-state index contributed by atoms with van der Waals surface area (Å²) in [5, 5.41) is 8.68. The van der Waals surface area contributed by atoms with Gasteiger partial charge in [0.05, 0.1) is 19.1 Å². The molecule has 0 atom stereocenters. The van der Waals surface area contributed by atoms with Gasteiger partial charge in [-0.1, -0.05) is 34.1 Å². The lowest BCUT2D eigenvalue weighted by Gasteiger charge is -2.07. The second-order valence-corrected chi connectivity index (χ2v) is 4.32. The molecule has 0 radical (unpaired) electrons. The Balaban J connectivity index is 2.69. The normalized spacial score (nSPS) is 9.71. The van der Waals surface area contributed by atoms with Crippen LogP contribution in [0.5, 0.6) is 0 Å². The van der Waals surface area contributed by atoms with Gasteiger partial charge >= 0.3 is 5.97 Å². The summed E-state index contributed by atoms with van der Waals surface area (Å²) >= 11 is 3.47. The molecule has 0 aliphatic heterocycles. The number of rotatable bonds is 5. The standard InChI is InChI=1S/C13H14BrNO2/c1-2-17-12(16)7-6-10-4-3-5-11(8-9-15)13(10)14/h3-5H,2,6-8H2,1H3. The number of hydrogen-bond donors (Lipinski definition) is 0. The van der Waals surface area contributed by atoms with E-state index in [1.54, 1.807) is 6.92 Å². The Bertz CT molecular complexity index is 438. The molecular formula is C13H14BrNO2. The minimum atomic E-state index is -0.190. The number of esters is 1. The highest BCUT2D eigenvalue weighted by atomic mass is 79.9. The number of nitriles is 1. The maximum Gasteiger partial charge on any atom is 0.306 e. The topological polar surface area (TPSA) is 50.1 Å². The second-order valence-electron chi connectivity index (χ2n) is 3.53. The Morgan fingerprint density at radius 1 is 1.47 bits per heavy atom. The average molecular weight is 296 g/mol. The van der Waals surface area contributed by atoms with Gasteiger partial charge in [0, 0.05) is 10.9 Å². The highest BCUT2D eigenvalue weighted by Gasteiger charge is 2.08. The summed E-state index contributed by atoms with van der Waals surface area (Å²) in [6.07, 6.45) is 1.36. The number of aryl methyl sites for hydroxylation is 1. The molecule has 0 N–H and O–H groups in total. The molecule has 0 saturated heterocycles. The smallest absolute Gasteiger partial charge is 0.306 e. The molecular weight excluding hydrogens is 282 g/mol. The van der Waals surface area contributed by atoms with Crippen molar-refractivity contribution in [3.8, 4) is 6.07 Å². The summed E-state index contributed by atoms with van der Waals surface area (Å²) in [4.78, 5) is 11.2. The van der Waals surface area contributed by atoms with E-state index in [9.17, 15) is 4.79 Å². The fraction of sp³-hybridized carbons (Fsp3) is 0.385. The molecule has 17 heavy (non-hydrogen) atoms. The summed E-state index contributed by atoms with van der Waals surface area (Å²) in [5.74, 6) is -0.190. The van der Waals surface area contributed by atoms with Crippen molar-refractivity contribution in [1.29, 1.82) is 5.26 Å². The molecule has 0 aromatic heterocycles. The Hall–Kier alpha value is -1.34. The van der Waals surface area contributed by atoms with Gasteiger partial charge in [-0.3, -0.25) is 4.79 Å². The van der Waals surface area contributed by atoms with E-state index in [2.05, 4.69) is 22.0 Å². The first-order valence-corrected chi connectivity index (χ1v) is 6.27. The fourth-order valence-electron chi connectivity index (χ4n) is 1.52. The maximum absolute atomic E-state index is 11.2. The van der Waals surface area contributed by atoms with E-state index >= 15 is 0 Å². The lowest BCUT2D eigenvalue weighted by Crippen LogP contribution is -2.05. The van der Waals surface area contributed by atoms with Crippen LogP contribution in [-0.4, -0.2) is 12.6 Å². The second kappa shape index (κ2) is 7.08. The minimum Gasteiger partial charge on any atom is -0.466 e. The number of carbonyl (C=O) groups excluding carboxylic acids is 1. The number of benzene rings is 1. The zero-order valence-corrected chi connectivity index (χ0v) is 11.3. The van der Waals surface area contributed by atoms with Crippen molar-refractivity contribution in [3.63, 3.8) is 0 Å². The van der Waals surface area contributed by atoms with Crippen LogP contribution >= 0.6 is 15.9 Å². The molecule has 90 valence electrons. The molecule has 0 saturated carbocycles. The number of carbonyl (C=O) groups is 1. The van der Waals surface area contributed by atoms with Gasteiger partial charge in [-0.25, -0.2) is 0 Å². The molecule has 0 aliphatic carbocycles. The van der Waals surface area contributed by atoms with Crippen LogP contribution in [0.15, 0.2) is 22.7 Å². The van der Waals surface area contributed by atoms with Crippen molar-refractivity contribution in [2.45, 2.75) is 26.2 Å². The van der Waals surface area contributed by atoms with Crippen LogP contribution in [0.2, 0.25) is 0 Å². The number of ether oxygens (including phenoxy) is 1. The number of hydrogen-bond acceptors (Lipinski definition) is 3. The van der Waals surface area contributed by atoms with E-state index in [0.717, 1.165) is 15.6 Å². The van der Waals surface area contributed by atoms with Gasteiger partial charge < -0.3 is 4.74 Å². The highest BCUT2D eigenvalue weighted by molar-refractivity contribution is 9.10. The third kappa shape index (κ3) is 4.20. The summed E-state index contributed by atoms with van der Waals surface area (Å²) < 4.78 is 5.80. The number of nitrogens with zero attached hydrogens (tertiary/aromatic N) is 1. The van der Waals surface area contributed by atoms with Crippen LogP contribution in [0, 0.1) is 11.3 Å². The molecule has 0 heterocycles. The molecule has 0 fully saturated rings. The van der Waals surface area contributed by atoms with E-state index in [1.807, 2.05) is 18.2 Å². The van der Waals surface area contributed by atoms with Crippen molar-refractivity contribution in [3.05, 3.63) is 33.8 Å². The van der Waals surface area contributed by atoms with Crippen LogP contribution in [0.4, 0.5) is 0 Å². The Kier molecular flexibility index (Phi) is 5.71. The molecule has 4 heteroatoms. The molecule has 0 aliphatic rings. The molecule has 0 spiro atoms. The van der Waals surface area contributed by atoms with Gasteiger partial charge in [0.2, 0.25) is 0 Å². The van der Waals surface area contributed by atoms with Crippen LogP contribution in [0.25, 0.3) is 0 Å². The van der Waals surface area contributed by atoms with E-state index in [1.165, 1.54) is 0 Å². The van der Waals surface area contributed by atoms with E-state index in [-0.39, 0.29) is 5.97 Å². The largest absolute Gasteiger partial charge is 0.466 e. The Morgan fingerprint density at radius 3 is 2.82 bits per heavy atom. The summed E-state index contributed by atoms with van der Waals surface area (Å²) in [5.41, 5.74) is 1.99. The molecule has 0 amide bonds. The predicted molar refractivity (Wildman–Crippen MR) is 68.4 cm³/mol. The molecule has 3 nitrogen and oxygen atoms in total. The third-order valence-corrected chi connectivity index (χ3v) is 3.35. The van der Waals surface area contributed by atoms with Gasteiger partial charge in [-0.2, -0.15) is 5.26 Å². The first-order valence-electron chi connectivity index (χ1n) is 5.47. The SMILES string of the molecule is CCOC(=O)CCc1cccc(CC#N)c1Br. The van der Waals surface area contributed by atoms with Crippen molar-refractivity contribution < 1.29 is 9.53 Å². The van der Waals surface area contributed by atoms with Gasteiger partial charge in [-0.05, 0) is 24.5 Å². The zero-order valence-electron chi connectivity index (χ0n) is 9.70. The molecule has 0 bridgehead atoms. The monoisotopic (exact) mass is 295 g/mol. The lowest BCUT2D eigenvalue weighted by atomic mass is 10.0. The summed E-state index contributed by atoms with van der Waals surface area (Å²) in [7, 11) is 0. The van der Waals surface area contributed by atoms with E-state index < -0.39 is 0 Å². The maximum atomic E-state index is 11.2. The van der Waals surface area contributed by atoms with Crippen molar-refractivity contribution >= 4 is 21.9 Å².